The molecule has 0 saturated carbocycles. The molecule has 1 aliphatic rings. The maximum Gasteiger partial charge on any atom is 0.416 e. The van der Waals surface area contributed by atoms with Crippen LogP contribution in [0, 0.1) is 0 Å². The summed E-state index contributed by atoms with van der Waals surface area (Å²) in [5.74, 6) is -0.697. The molecule has 1 aliphatic heterocycles. The Hall–Kier alpha value is -2.59. The molecule has 1 heterocycles. The van der Waals surface area contributed by atoms with Crippen LogP contribution in [0.15, 0.2) is 48.5 Å². The first kappa shape index (κ1) is 23.1. The van der Waals surface area contributed by atoms with Gasteiger partial charge in [-0.25, -0.2) is 0 Å². The van der Waals surface area contributed by atoms with E-state index in [0.29, 0.717) is 10.0 Å². The van der Waals surface area contributed by atoms with E-state index in [1.807, 2.05) is 0 Å². The summed E-state index contributed by atoms with van der Waals surface area (Å²) >= 11 is 6.62. The fraction of sp³-hybridized carbons (Fsp3) is 0.286. The molecule has 5 nitrogen and oxygen atoms in total. The van der Waals surface area contributed by atoms with Gasteiger partial charge in [-0.2, -0.15) is 13.2 Å². The first-order valence-electron chi connectivity index (χ1n) is 9.52. The number of anilines is 2. The van der Waals surface area contributed by atoms with Crippen LogP contribution in [-0.4, -0.2) is 39.9 Å². The predicted molar refractivity (Wildman–Crippen MR) is 120 cm³/mol. The number of amides is 2. The number of alkyl halides is 3. The second-order valence-corrected chi connectivity index (χ2v) is 8.52. The van der Waals surface area contributed by atoms with E-state index in [2.05, 4.69) is 15.5 Å². The number of benzene rings is 2. The highest BCUT2D eigenvalue weighted by Crippen LogP contribution is 2.30. The summed E-state index contributed by atoms with van der Waals surface area (Å²) in [6, 6.07) is 10.6. The molecule has 3 rings (SSSR count). The number of likely N-dealkylation sites (tertiary alicyclic amines) is 1. The molecule has 0 aromatic heterocycles. The monoisotopic (exact) mass is 467 g/mol. The number of carbonyl (C=O) groups excluding carboxylic acids is 2. The number of hydrogen-bond donors (Lipinski definition) is 2. The molecule has 1 saturated heterocycles. The average Bonchev–Trinajstić information content (AvgIpc) is 3.27. The topological polar surface area (TPSA) is 61.4 Å². The van der Waals surface area contributed by atoms with Crippen LogP contribution in [0.1, 0.15) is 28.8 Å². The van der Waals surface area contributed by atoms with Crippen molar-refractivity contribution in [1.29, 1.82) is 0 Å². The van der Waals surface area contributed by atoms with Gasteiger partial charge in [0.05, 0.1) is 11.3 Å². The van der Waals surface area contributed by atoms with Crippen LogP contribution in [0.25, 0.3) is 0 Å². The Morgan fingerprint density at radius 1 is 1.00 bits per heavy atom. The van der Waals surface area contributed by atoms with Gasteiger partial charge in [-0.1, -0.05) is 36.1 Å². The molecule has 1 fully saturated rings. The Labute approximate surface area is 187 Å². The van der Waals surface area contributed by atoms with Gasteiger partial charge in [0.1, 0.15) is 4.32 Å². The lowest BCUT2D eigenvalue weighted by Crippen LogP contribution is -2.25. The molecule has 0 atom stereocenters. The van der Waals surface area contributed by atoms with Crippen LogP contribution in [0.2, 0.25) is 0 Å². The lowest BCUT2D eigenvalue weighted by molar-refractivity contribution is -0.137. The molecule has 0 radical (unpaired) electrons. The summed E-state index contributed by atoms with van der Waals surface area (Å²) in [4.78, 5) is 26.7. The van der Waals surface area contributed by atoms with E-state index < -0.39 is 17.6 Å². The molecule has 10 heteroatoms. The Morgan fingerprint density at radius 2 is 1.65 bits per heavy atom. The summed E-state index contributed by atoms with van der Waals surface area (Å²) in [7, 11) is 0. The maximum atomic E-state index is 12.8. The van der Waals surface area contributed by atoms with Gasteiger partial charge in [-0.3, -0.25) is 9.59 Å². The number of thiocarbonyl (C=S) groups is 1. The Bertz CT molecular complexity index is 976. The van der Waals surface area contributed by atoms with E-state index in [4.69, 9.17) is 12.2 Å². The van der Waals surface area contributed by atoms with Gasteiger partial charge in [0, 0.05) is 30.0 Å². The zero-order chi connectivity index (χ0) is 22.4. The van der Waals surface area contributed by atoms with E-state index >= 15 is 0 Å². The Kier molecular flexibility index (Phi) is 7.55. The van der Waals surface area contributed by atoms with Crippen molar-refractivity contribution in [2.24, 2.45) is 0 Å². The zero-order valence-corrected chi connectivity index (χ0v) is 18.0. The second-order valence-electron chi connectivity index (χ2n) is 6.91. The minimum absolute atomic E-state index is 0.0288. The molecule has 2 amide bonds. The minimum atomic E-state index is -4.50. The van der Waals surface area contributed by atoms with Crippen molar-refractivity contribution in [1.82, 2.24) is 4.90 Å². The zero-order valence-electron chi connectivity index (χ0n) is 16.4. The highest BCUT2D eigenvalue weighted by atomic mass is 32.2. The van der Waals surface area contributed by atoms with Gasteiger partial charge in [0.2, 0.25) is 5.91 Å². The Morgan fingerprint density at radius 3 is 2.32 bits per heavy atom. The number of nitrogens with zero attached hydrogens (tertiary/aromatic N) is 1. The molecule has 2 N–H and O–H groups in total. The van der Waals surface area contributed by atoms with Crippen LogP contribution in [0.4, 0.5) is 24.5 Å². The van der Waals surface area contributed by atoms with Crippen LogP contribution < -0.4 is 10.6 Å². The third kappa shape index (κ3) is 6.70. The summed E-state index contributed by atoms with van der Waals surface area (Å²) < 4.78 is 39.2. The van der Waals surface area contributed by atoms with Crippen LogP contribution in [0.5, 0.6) is 0 Å². The van der Waals surface area contributed by atoms with E-state index in [9.17, 15) is 22.8 Å². The molecular weight excluding hydrogens is 447 g/mol. The van der Waals surface area contributed by atoms with Crippen molar-refractivity contribution in [3.63, 3.8) is 0 Å². The van der Waals surface area contributed by atoms with Gasteiger partial charge in [-0.15, -0.1) is 0 Å². The summed E-state index contributed by atoms with van der Waals surface area (Å²) in [6.07, 6.45) is -2.30. The lowest BCUT2D eigenvalue weighted by atomic mass is 10.1. The standard InChI is InChI=1S/C21H20F3N3O2S2/c22-21(23,24)15-6-4-8-17(12-15)26-19(29)14-5-3-7-16(11-14)25-18(28)13-31-20(30)27-9-1-2-10-27/h3-8,11-12H,1-2,9-10,13H2,(H,25,28)(H,26,29). The third-order valence-corrected chi connectivity index (χ3v) is 6.07. The lowest BCUT2D eigenvalue weighted by Gasteiger charge is -2.17. The van der Waals surface area contributed by atoms with Crippen molar-refractivity contribution >= 4 is 51.5 Å². The normalized spacial score (nSPS) is 13.7. The first-order valence-corrected chi connectivity index (χ1v) is 10.9. The van der Waals surface area contributed by atoms with Gasteiger partial charge in [0.25, 0.3) is 5.91 Å². The van der Waals surface area contributed by atoms with Crippen molar-refractivity contribution in [2.45, 2.75) is 19.0 Å². The van der Waals surface area contributed by atoms with Gasteiger partial charge in [-0.05, 0) is 49.2 Å². The fourth-order valence-electron chi connectivity index (χ4n) is 3.03. The smallest absolute Gasteiger partial charge is 0.358 e. The highest BCUT2D eigenvalue weighted by molar-refractivity contribution is 8.23. The average molecular weight is 468 g/mol. The molecule has 2 aromatic carbocycles. The molecular formula is C21H20F3N3O2S2. The largest absolute Gasteiger partial charge is 0.416 e. The number of nitrogens with one attached hydrogen (secondary N) is 2. The van der Waals surface area contributed by atoms with Crippen molar-refractivity contribution in [3.8, 4) is 0 Å². The molecule has 0 aliphatic carbocycles. The summed E-state index contributed by atoms with van der Waals surface area (Å²) in [5.41, 5.74) is -0.207. The summed E-state index contributed by atoms with van der Waals surface area (Å²) in [6.45, 7) is 1.83. The van der Waals surface area contributed by atoms with E-state index in [1.54, 1.807) is 12.1 Å². The number of hydrogen-bond acceptors (Lipinski definition) is 4. The predicted octanol–water partition coefficient (Wildman–Crippen LogP) is 5.01. The number of carbonyl (C=O) groups is 2. The second kappa shape index (κ2) is 10.1. The highest BCUT2D eigenvalue weighted by Gasteiger charge is 2.30. The molecule has 31 heavy (non-hydrogen) atoms. The molecule has 0 bridgehead atoms. The number of halogens is 3. The minimum Gasteiger partial charge on any atom is -0.358 e. The fourth-order valence-corrected chi connectivity index (χ4v) is 4.08. The van der Waals surface area contributed by atoms with Gasteiger partial charge < -0.3 is 15.5 Å². The molecule has 0 spiro atoms. The summed E-state index contributed by atoms with van der Waals surface area (Å²) in [5, 5.41) is 5.15. The SMILES string of the molecule is O=C(CSC(=S)N1CCCC1)Nc1cccc(C(=O)Nc2cccc(C(F)(F)F)c2)c1. The Balaban J connectivity index is 1.57. The molecule has 2 aromatic rings. The molecule has 164 valence electrons. The quantitative estimate of drug-likeness (QED) is 0.606. The van der Waals surface area contributed by atoms with E-state index in [0.717, 1.165) is 38.1 Å². The van der Waals surface area contributed by atoms with Crippen molar-refractivity contribution in [3.05, 3.63) is 59.7 Å². The first-order chi connectivity index (χ1) is 14.7. The van der Waals surface area contributed by atoms with Gasteiger partial charge >= 0.3 is 6.18 Å². The van der Waals surface area contributed by atoms with Gasteiger partial charge in [0.15, 0.2) is 0 Å². The van der Waals surface area contributed by atoms with E-state index in [1.165, 1.54) is 36.0 Å². The number of rotatable bonds is 5. The number of thioether (sulfide) groups is 1. The van der Waals surface area contributed by atoms with Crippen LogP contribution in [-0.2, 0) is 11.0 Å². The van der Waals surface area contributed by atoms with Crippen LogP contribution in [0.3, 0.4) is 0 Å². The maximum absolute atomic E-state index is 12.8. The third-order valence-electron chi connectivity index (χ3n) is 4.55. The molecule has 0 unspecified atom stereocenters. The van der Waals surface area contributed by atoms with Crippen molar-refractivity contribution in [2.75, 3.05) is 29.5 Å². The van der Waals surface area contributed by atoms with Crippen molar-refractivity contribution < 1.29 is 22.8 Å². The van der Waals surface area contributed by atoms with E-state index in [-0.39, 0.29) is 22.9 Å². The van der Waals surface area contributed by atoms with Crippen LogP contribution >= 0.6 is 24.0 Å².